The van der Waals surface area contributed by atoms with E-state index in [0.717, 1.165) is 28.5 Å². The van der Waals surface area contributed by atoms with E-state index >= 15 is 0 Å². The van der Waals surface area contributed by atoms with Gasteiger partial charge < -0.3 is 10.4 Å². The van der Waals surface area contributed by atoms with E-state index in [1.807, 2.05) is 43.3 Å². The van der Waals surface area contributed by atoms with Crippen molar-refractivity contribution in [2.45, 2.75) is 25.8 Å². The van der Waals surface area contributed by atoms with Gasteiger partial charge in [0.15, 0.2) is 11.6 Å². The monoisotopic (exact) mass is 576 g/mol. The van der Waals surface area contributed by atoms with Gasteiger partial charge in [-0.3, -0.25) is 4.79 Å². The van der Waals surface area contributed by atoms with Crippen LogP contribution in [0.1, 0.15) is 63.3 Å². The lowest BCUT2D eigenvalue weighted by atomic mass is 9.93. The molecular formula is C34H26F2N4O3. The van der Waals surface area contributed by atoms with Gasteiger partial charge in [-0.2, -0.15) is 0 Å². The van der Waals surface area contributed by atoms with Crippen molar-refractivity contribution in [1.29, 1.82) is 0 Å². The Morgan fingerprint density at radius 1 is 0.814 bits per heavy atom. The number of carbonyl (C=O) groups is 2. The van der Waals surface area contributed by atoms with E-state index < -0.39 is 29.6 Å². The van der Waals surface area contributed by atoms with Gasteiger partial charge in [-0.15, -0.1) is 5.10 Å². The molecule has 0 saturated carbocycles. The Morgan fingerprint density at radius 2 is 1.53 bits per heavy atom. The number of pyridine rings is 1. The predicted molar refractivity (Wildman–Crippen MR) is 159 cm³/mol. The van der Waals surface area contributed by atoms with E-state index in [9.17, 15) is 23.5 Å². The van der Waals surface area contributed by atoms with Gasteiger partial charge in [0.2, 0.25) is 0 Å². The van der Waals surface area contributed by atoms with E-state index in [2.05, 4.69) is 21.7 Å². The fraction of sp³-hybridized carbons (Fsp3) is 0.118. The third kappa shape index (κ3) is 5.32. The lowest BCUT2D eigenvalue weighted by Crippen LogP contribution is -2.27. The highest BCUT2D eigenvalue weighted by molar-refractivity contribution is 6.03. The molecule has 0 aliphatic heterocycles. The van der Waals surface area contributed by atoms with Crippen molar-refractivity contribution in [1.82, 2.24) is 20.1 Å². The zero-order valence-corrected chi connectivity index (χ0v) is 23.3. The largest absolute Gasteiger partial charge is 0.478 e. The number of carbonyl (C=O) groups excluding carboxylic acids is 1. The maximum Gasteiger partial charge on any atom is 0.335 e. The number of benzene rings is 4. The number of aromatic carboxylic acids is 1. The summed E-state index contributed by atoms with van der Waals surface area (Å²) in [5.41, 5.74) is 3.97. The van der Waals surface area contributed by atoms with Gasteiger partial charge in [0, 0.05) is 17.7 Å². The van der Waals surface area contributed by atoms with E-state index in [1.165, 1.54) is 22.7 Å². The number of hydrogen-bond acceptors (Lipinski definition) is 4. The molecule has 1 amide bonds. The zero-order chi connectivity index (χ0) is 30.2. The highest BCUT2D eigenvalue weighted by Gasteiger charge is 2.24. The summed E-state index contributed by atoms with van der Waals surface area (Å²) in [4.78, 5) is 25.2. The Hall–Kier alpha value is -5.44. The Bertz CT molecular complexity index is 2020. The topological polar surface area (TPSA) is 96.6 Å². The Labute approximate surface area is 245 Å². The van der Waals surface area contributed by atoms with Gasteiger partial charge in [-0.25, -0.2) is 18.1 Å². The highest BCUT2D eigenvalue weighted by atomic mass is 19.2. The van der Waals surface area contributed by atoms with E-state index in [0.29, 0.717) is 27.9 Å². The van der Waals surface area contributed by atoms with Crippen molar-refractivity contribution < 1.29 is 23.5 Å². The Balaban J connectivity index is 1.44. The molecule has 2 atom stereocenters. The first-order valence-electron chi connectivity index (χ1n) is 13.7. The Morgan fingerprint density at radius 3 is 2.26 bits per heavy atom. The van der Waals surface area contributed by atoms with E-state index in [1.54, 1.807) is 31.3 Å². The average Bonchev–Trinajstić information content (AvgIpc) is 3.45. The molecule has 4 aromatic carbocycles. The number of aromatic nitrogens is 3. The summed E-state index contributed by atoms with van der Waals surface area (Å²) < 4.78 is 29.3. The Kier molecular flexibility index (Phi) is 7.15. The van der Waals surface area contributed by atoms with Crippen molar-refractivity contribution >= 4 is 28.2 Å². The predicted octanol–water partition coefficient (Wildman–Crippen LogP) is 7.17. The lowest BCUT2D eigenvalue weighted by Gasteiger charge is -2.17. The quantitative estimate of drug-likeness (QED) is 0.210. The second kappa shape index (κ2) is 11.1. The number of fused-ring (bicyclic) bond motifs is 2. The van der Waals surface area contributed by atoms with Crippen LogP contribution >= 0.6 is 0 Å². The molecule has 6 rings (SSSR count). The summed E-state index contributed by atoms with van der Waals surface area (Å²) in [7, 11) is 0. The number of carboxylic acid groups (broad SMARTS) is 1. The van der Waals surface area contributed by atoms with Gasteiger partial charge in [0.05, 0.1) is 22.9 Å². The number of amides is 1. The molecule has 0 spiro atoms. The number of hydrogen-bond donors (Lipinski definition) is 2. The van der Waals surface area contributed by atoms with Crippen LogP contribution in [0.4, 0.5) is 8.78 Å². The molecule has 0 bridgehead atoms. The first-order chi connectivity index (χ1) is 20.7. The number of rotatable bonds is 7. The number of halogens is 2. The maximum absolute atomic E-state index is 14.2. The highest BCUT2D eigenvalue weighted by Crippen LogP contribution is 2.32. The average molecular weight is 577 g/mol. The first-order valence-corrected chi connectivity index (χ1v) is 13.7. The fourth-order valence-corrected chi connectivity index (χ4v) is 5.26. The van der Waals surface area contributed by atoms with E-state index in [4.69, 9.17) is 0 Å². The van der Waals surface area contributed by atoms with Crippen molar-refractivity contribution in [3.05, 3.63) is 137 Å². The molecule has 214 valence electrons. The summed E-state index contributed by atoms with van der Waals surface area (Å²) in [5, 5.41) is 23.2. The summed E-state index contributed by atoms with van der Waals surface area (Å²) >= 11 is 0. The second-order valence-corrected chi connectivity index (χ2v) is 10.5. The third-order valence-electron chi connectivity index (χ3n) is 7.72. The zero-order valence-electron chi connectivity index (χ0n) is 23.3. The molecule has 43 heavy (non-hydrogen) atoms. The molecule has 0 fully saturated rings. The molecule has 2 aromatic heterocycles. The normalized spacial score (nSPS) is 12.7. The minimum absolute atomic E-state index is 0.140. The van der Waals surface area contributed by atoms with Crippen LogP contribution in [0.5, 0.6) is 0 Å². The van der Waals surface area contributed by atoms with Crippen LogP contribution in [0.25, 0.3) is 27.4 Å². The number of nitrogens with zero attached hydrogens (tertiary/aromatic N) is 3. The van der Waals surface area contributed by atoms with Crippen LogP contribution in [0.2, 0.25) is 0 Å². The van der Waals surface area contributed by atoms with Crippen LogP contribution in [-0.2, 0) is 0 Å². The van der Waals surface area contributed by atoms with Crippen LogP contribution in [0.3, 0.4) is 0 Å². The minimum atomic E-state index is -1.04. The molecule has 2 heterocycles. The molecule has 0 aliphatic carbocycles. The van der Waals surface area contributed by atoms with Gasteiger partial charge >= 0.3 is 5.97 Å². The van der Waals surface area contributed by atoms with Gasteiger partial charge in [-0.05, 0) is 64.7 Å². The fourth-order valence-electron chi connectivity index (χ4n) is 5.26. The van der Waals surface area contributed by atoms with Gasteiger partial charge in [0.25, 0.3) is 5.91 Å². The summed E-state index contributed by atoms with van der Waals surface area (Å²) in [6, 6.07) is 25.1. The third-order valence-corrected chi connectivity index (χ3v) is 7.72. The number of carboxylic acids is 1. The van der Waals surface area contributed by atoms with Crippen molar-refractivity contribution in [2.75, 3.05) is 0 Å². The maximum atomic E-state index is 14.2. The lowest BCUT2D eigenvalue weighted by molar-refractivity contribution is 0.0696. The van der Waals surface area contributed by atoms with E-state index in [-0.39, 0.29) is 17.0 Å². The molecule has 6 aromatic rings. The standard InChI is InChI=1S/C34H26F2N4O3/c1-19(24-12-9-22-5-3-4-6-25(22)15-24)31-32-28(33(41)37-20(2)21-7-10-23(11-8-21)34(42)43)16-27(18-40(32)39-38-31)26-13-14-29(35)30(36)17-26/h3-20H,1-2H3,(H,37,41)(H,42,43)/t19-,20+/m1/s1. The van der Waals surface area contributed by atoms with Crippen LogP contribution in [0, 0.1) is 11.6 Å². The van der Waals surface area contributed by atoms with Crippen LogP contribution in [0.15, 0.2) is 97.2 Å². The molecular weight excluding hydrogens is 550 g/mol. The summed E-state index contributed by atoms with van der Waals surface area (Å²) in [5.74, 6) is -3.69. The molecule has 7 nitrogen and oxygen atoms in total. The smallest absolute Gasteiger partial charge is 0.335 e. The van der Waals surface area contributed by atoms with Crippen LogP contribution in [-0.4, -0.2) is 31.8 Å². The van der Waals surface area contributed by atoms with Crippen molar-refractivity contribution in [2.24, 2.45) is 0 Å². The van der Waals surface area contributed by atoms with Crippen molar-refractivity contribution in [3.8, 4) is 11.1 Å². The number of nitrogens with one attached hydrogen (secondary N) is 1. The first kappa shape index (κ1) is 27.7. The summed E-state index contributed by atoms with van der Waals surface area (Å²) in [6.45, 7) is 3.78. The van der Waals surface area contributed by atoms with Gasteiger partial charge in [0.1, 0.15) is 5.52 Å². The molecule has 2 N–H and O–H groups in total. The minimum Gasteiger partial charge on any atom is -0.478 e. The molecule has 0 unspecified atom stereocenters. The van der Waals surface area contributed by atoms with Crippen LogP contribution < -0.4 is 5.32 Å². The molecule has 0 saturated heterocycles. The van der Waals surface area contributed by atoms with Gasteiger partial charge in [-0.1, -0.05) is 72.8 Å². The van der Waals surface area contributed by atoms with Crippen molar-refractivity contribution in [3.63, 3.8) is 0 Å². The molecule has 0 aliphatic rings. The SMILES string of the molecule is C[C@H](c1ccc2ccccc2c1)c1nnn2cc(-c3ccc(F)c(F)c3)cc(C(=O)N[C@@H](C)c3ccc(C(=O)O)cc3)c12. The molecule has 0 radical (unpaired) electrons. The molecule has 9 heteroatoms. The summed E-state index contributed by atoms with van der Waals surface area (Å²) in [6.07, 6.45) is 1.64. The second-order valence-electron chi connectivity index (χ2n) is 10.5.